The molecule has 0 spiro atoms. The Hall–Kier alpha value is -2.62. The van der Waals surface area contributed by atoms with Gasteiger partial charge in [0.25, 0.3) is 5.91 Å². The zero-order chi connectivity index (χ0) is 17.5. The number of aryl methyl sites for hydroxylation is 1. The summed E-state index contributed by atoms with van der Waals surface area (Å²) in [6.45, 7) is 5.46. The zero-order valence-corrected chi connectivity index (χ0v) is 14.3. The van der Waals surface area contributed by atoms with Crippen LogP contribution in [0.2, 0.25) is 0 Å². The molecule has 0 aliphatic carbocycles. The predicted octanol–water partition coefficient (Wildman–Crippen LogP) is 4.06. The number of anilines is 1. The second-order valence-electron chi connectivity index (χ2n) is 5.81. The van der Waals surface area contributed by atoms with Gasteiger partial charge in [-0.05, 0) is 43.5 Å². The molecule has 2 rings (SSSR count). The summed E-state index contributed by atoms with van der Waals surface area (Å²) in [5, 5.41) is 2.77. The van der Waals surface area contributed by atoms with Gasteiger partial charge in [0.05, 0.1) is 5.92 Å². The van der Waals surface area contributed by atoms with Gasteiger partial charge in [0.2, 0.25) is 0 Å². The van der Waals surface area contributed by atoms with Crippen LogP contribution in [-0.4, -0.2) is 18.0 Å². The number of benzene rings is 2. The number of carbonyl (C=O) groups excluding carboxylic acids is 2. The van der Waals surface area contributed by atoms with Crippen LogP contribution in [0.4, 0.5) is 5.69 Å². The summed E-state index contributed by atoms with van der Waals surface area (Å²) in [6, 6.07) is 17.0. The molecule has 0 radical (unpaired) electrons. The fourth-order valence-electron chi connectivity index (χ4n) is 2.50. The van der Waals surface area contributed by atoms with E-state index in [1.165, 1.54) is 0 Å². The minimum Gasteiger partial charge on any atom is -0.452 e. The molecule has 0 aliphatic heterocycles. The van der Waals surface area contributed by atoms with E-state index in [0.717, 1.165) is 11.1 Å². The molecule has 24 heavy (non-hydrogen) atoms. The number of esters is 1. The van der Waals surface area contributed by atoms with E-state index in [4.69, 9.17) is 4.74 Å². The van der Waals surface area contributed by atoms with E-state index >= 15 is 0 Å². The summed E-state index contributed by atoms with van der Waals surface area (Å²) in [6.07, 6.45) is -0.231. The highest BCUT2D eigenvalue weighted by Crippen LogP contribution is 2.21. The first-order chi connectivity index (χ1) is 11.5. The second-order valence-corrected chi connectivity index (χ2v) is 5.81. The molecule has 2 atom stereocenters. The van der Waals surface area contributed by atoms with Crippen molar-refractivity contribution < 1.29 is 14.3 Å². The Morgan fingerprint density at radius 3 is 2.42 bits per heavy atom. The Labute approximate surface area is 142 Å². The molecular weight excluding hydrogens is 302 g/mol. The molecule has 4 heteroatoms. The number of ether oxygens (including phenoxy) is 1. The van der Waals surface area contributed by atoms with E-state index in [-0.39, 0.29) is 17.8 Å². The molecule has 0 heterocycles. The third kappa shape index (κ3) is 4.69. The van der Waals surface area contributed by atoms with Crippen molar-refractivity contribution in [2.75, 3.05) is 5.32 Å². The Kier molecular flexibility index (Phi) is 6.13. The second kappa shape index (κ2) is 8.29. The Balaban J connectivity index is 1.98. The maximum absolute atomic E-state index is 12.4. The number of hydrogen-bond acceptors (Lipinski definition) is 3. The smallest absolute Gasteiger partial charge is 0.314 e. The van der Waals surface area contributed by atoms with Gasteiger partial charge in [0.15, 0.2) is 6.10 Å². The van der Waals surface area contributed by atoms with Crippen molar-refractivity contribution in [1.29, 1.82) is 0 Å². The molecule has 1 amide bonds. The first kappa shape index (κ1) is 17.7. The standard InChI is InChI=1S/C20H23NO3/c1-4-18(16-10-6-5-7-11-16)20(23)24-15(3)19(22)21-17-12-8-9-14(2)13-17/h5-13,15,18H,4H2,1-3H3,(H,21,22). The van der Waals surface area contributed by atoms with E-state index in [0.29, 0.717) is 12.1 Å². The van der Waals surface area contributed by atoms with Gasteiger partial charge in [0, 0.05) is 5.69 Å². The van der Waals surface area contributed by atoms with E-state index in [1.54, 1.807) is 13.0 Å². The van der Waals surface area contributed by atoms with Crippen LogP contribution < -0.4 is 5.32 Å². The van der Waals surface area contributed by atoms with Crippen molar-refractivity contribution in [2.24, 2.45) is 0 Å². The molecule has 0 aromatic heterocycles. The molecular formula is C20H23NO3. The summed E-state index contributed by atoms with van der Waals surface area (Å²) in [5.74, 6) is -1.08. The quantitative estimate of drug-likeness (QED) is 0.815. The van der Waals surface area contributed by atoms with Crippen LogP contribution in [0, 0.1) is 6.92 Å². The lowest BCUT2D eigenvalue weighted by atomic mass is 9.97. The van der Waals surface area contributed by atoms with Crippen LogP contribution in [-0.2, 0) is 14.3 Å². The third-order valence-corrected chi connectivity index (χ3v) is 3.84. The molecule has 2 unspecified atom stereocenters. The van der Waals surface area contributed by atoms with Gasteiger partial charge in [-0.3, -0.25) is 9.59 Å². The monoisotopic (exact) mass is 325 g/mol. The molecule has 1 N–H and O–H groups in total. The summed E-state index contributed by atoms with van der Waals surface area (Å²) < 4.78 is 5.37. The van der Waals surface area contributed by atoms with Gasteiger partial charge >= 0.3 is 5.97 Å². The van der Waals surface area contributed by atoms with Gasteiger partial charge in [-0.15, -0.1) is 0 Å². The minimum atomic E-state index is -0.851. The van der Waals surface area contributed by atoms with Gasteiger partial charge in [0.1, 0.15) is 0 Å². The van der Waals surface area contributed by atoms with Crippen LogP contribution >= 0.6 is 0 Å². The third-order valence-electron chi connectivity index (χ3n) is 3.84. The summed E-state index contributed by atoms with van der Waals surface area (Å²) in [7, 11) is 0. The number of hydrogen-bond donors (Lipinski definition) is 1. The van der Waals surface area contributed by atoms with Gasteiger partial charge in [-0.1, -0.05) is 49.4 Å². The molecule has 0 fully saturated rings. The Morgan fingerprint density at radius 1 is 1.08 bits per heavy atom. The van der Waals surface area contributed by atoms with Crippen molar-refractivity contribution in [3.05, 3.63) is 65.7 Å². The zero-order valence-electron chi connectivity index (χ0n) is 14.3. The van der Waals surface area contributed by atoms with E-state index in [9.17, 15) is 9.59 Å². The summed E-state index contributed by atoms with van der Waals surface area (Å²) in [5.41, 5.74) is 2.64. The van der Waals surface area contributed by atoms with Crippen molar-refractivity contribution in [1.82, 2.24) is 0 Å². The molecule has 4 nitrogen and oxygen atoms in total. The number of rotatable bonds is 6. The Bertz CT molecular complexity index is 697. The lowest BCUT2D eigenvalue weighted by Crippen LogP contribution is -2.31. The molecule has 2 aromatic rings. The first-order valence-corrected chi connectivity index (χ1v) is 8.14. The molecule has 0 saturated heterocycles. The summed E-state index contributed by atoms with van der Waals surface area (Å²) >= 11 is 0. The highest BCUT2D eigenvalue weighted by atomic mass is 16.5. The van der Waals surface area contributed by atoms with Crippen molar-refractivity contribution >= 4 is 17.6 Å². The van der Waals surface area contributed by atoms with Crippen LogP contribution in [0.25, 0.3) is 0 Å². The lowest BCUT2D eigenvalue weighted by Gasteiger charge is -2.18. The van der Waals surface area contributed by atoms with E-state index in [1.807, 2.05) is 62.4 Å². The average molecular weight is 325 g/mol. The predicted molar refractivity (Wildman–Crippen MR) is 94.8 cm³/mol. The lowest BCUT2D eigenvalue weighted by molar-refractivity contribution is -0.154. The van der Waals surface area contributed by atoms with Crippen molar-refractivity contribution in [2.45, 2.75) is 39.2 Å². The van der Waals surface area contributed by atoms with Gasteiger partial charge in [-0.25, -0.2) is 0 Å². The van der Waals surface area contributed by atoms with Crippen LogP contribution in [0.1, 0.15) is 37.3 Å². The molecule has 2 aromatic carbocycles. The molecule has 0 bridgehead atoms. The van der Waals surface area contributed by atoms with E-state index in [2.05, 4.69) is 5.32 Å². The van der Waals surface area contributed by atoms with Gasteiger partial charge in [-0.2, -0.15) is 0 Å². The average Bonchev–Trinajstić information content (AvgIpc) is 2.56. The minimum absolute atomic E-state index is 0.336. The number of amides is 1. The fraction of sp³-hybridized carbons (Fsp3) is 0.300. The molecule has 126 valence electrons. The first-order valence-electron chi connectivity index (χ1n) is 8.14. The largest absolute Gasteiger partial charge is 0.452 e. The fourth-order valence-corrected chi connectivity index (χ4v) is 2.50. The topological polar surface area (TPSA) is 55.4 Å². The SMILES string of the molecule is CCC(C(=O)OC(C)C(=O)Nc1cccc(C)c1)c1ccccc1. The normalized spacial score (nSPS) is 13.0. The summed E-state index contributed by atoms with van der Waals surface area (Å²) in [4.78, 5) is 24.6. The van der Waals surface area contributed by atoms with Gasteiger partial charge < -0.3 is 10.1 Å². The maximum Gasteiger partial charge on any atom is 0.314 e. The number of carbonyl (C=O) groups is 2. The van der Waals surface area contributed by atoms with Crippen molar-refractivity contribution in [3.8, 4) is 0 Å². The molecule has 0 aliphatic rings. The van der Waals surface area contributed by atoms with Crippen LogP contribution in [0.5, 0.6) is 0 Å². The van der Waals surface area contributed by atoms with Crippen molar-refractivity contribution in [3.63, 3.8) is 0 Å². The number of nitrogens with one attached hydrogen (secondary N) is 1. The van der Waals surface area contributed by atoms with Crippen LogP contribution in [0.15, 0.2) is 54.6 Å². The molecule has 0 saturated carbocycles. The van der Waals surface area contributed by atoms with Crippen LogP contribution in [0.3, 0.4) is 0 Å². The van der Waals surface area contributed by atoms with E-state index < -0.39 is 6.10 Å². The maximum atomic E-state index is 12.4. The Morgan fingerprint density at radius 2 is 1.79 bits per heavy atom. The highest BCUT2D eigenvalue weighted by molar-refractivity contribution is 5.95. The highest BCUT2D eigenvalue weighted by Gasteiger charge is 2.25.